The first-order valence-electron chi connectivity index (χ1n) is 6.57. The van der Waals surface area contributed by atoms with Crippen molar-refractivity contribution in [3.8, 4) is 0 Å². The van der Waals surface area contributed by atoms with Crippen LogP contribution in [0.1, 0.15) is 50.3 Å². The molecule has 1 saturated carbocycles. The molecule has 0 radical (unpaired) electrons. The third-order valence-electron chi connectivity index (χ3n) is 3.36. The number of hydrogen-bond donors (Lipinski definition) is 1. The Kier molecular flexibility index (Phi) is 4.69. The number of aromatic nitrogens is 2. The maximum Gasteiger partial charge on any atom is 0.313 e. The summed E-state index contributed by atoms with van der Waals surface area (Å²) >= 11 is 1.33. The minimum Gasteiger partial charge on any atom is -0.481 e. The van der Waals surface area contributed by atoms with Gasteiger partial charge in [-0.1, -0.05) is 37.4 Å². The van der Waals surface area contributed by atoms with E-state index in [9.17, 15) is 4.79 Å². The van der Waals surface area contributed by atoms with Crippen molar-refractivity contribution in [2.75, 3.05) is 5.75 Å². The van der Waals surface area contributed by atoms with E-state index < -0.39 is 5.97 Å². The van der Waals surface area contributed by atoms with E-state index in [-0.39, 0.29) is 5.75 Å². The maximum atomic E-state index is 10.7. The third kappa shape index (κ3) is 3.51. The molecule has 1 aliphatic carbocycles. The Morgan fingerprint density at radius 2 is 2.11 bits per heavy atom. The molecule has 0 atom stereocenters. The fourth-order valence-electron chi connectivity index (χ4n) is 2.52. The van der Waals surface area contributed by atoms with Crippen molar-refractivity contribution in [1.82, 2.24) is 9.55 Å². The van der Waals surface area contributed by atoms with Crippen molar-refractivity contribution < 1.29 is 9.90 Å². The van der Waals surface area contributed by atoms with Crippen LogP contribution in [-0.2, 0) is 4.79 Å². The minimum atomic E-state index is -0.784. The molecule has 1 N–H and O–H groups in total. The smallest absolute Gasteiger partial charge is 0.313 e. The van der Waals surface area contributed by atoms with Gasteiger partial charge in [-0.05, 0) is 19.8 Å². The SMILES string of the molecule is Cc1cn(C2CCCCCC2)c(SCC(=O)O)n1. The molecule has 0 aliphatic heterocycles. The van der Waals surface area contributed by atoms with E-state index in [1.165, 1.54) is 50.3 Å². The molecule has 1 fully saturated rings. The number of rotatable bonds is 4. The Balaban J connectivity index is 2.12. The van der Waals surface area contributed by atoms with Crippen LogP contribution in [-0.4, -0.2) is 26.4 Å². The van der Waals surface area contributed by atoms with Crippen LogP contribution in [0.4, 0.5) is 0 Å². The van der Waals surface area contributed by atoms with Gasteiger partial charge in [-0.25, -0.2) is 4.98 Å². The molecular formula is C13H20N2O2S. The predicted molar refractivity (Wildman–Crippen MR) is 72.1 cm³/mol. The fraction of sp³-hybridized carbons (Fsp3) is 0.692. The number of carbonyl (C=O) groups is 1. The van der Waals surface area contributed by atoms with Gasteiger partial charge in [-0.2, -0.15) is 0 Å². The highest BCUT2D eigenvalue weighted by Crippen LogP contribution is 2.31. The first kappa shape index (κ1) is 13.5. The normalized spacial score (nSPS) is 17.6. The quantitative estimate of drug-likeness (QED) is 0.672. The van der Waals surface area contributed by atoms with Crippen LogP contribution in [0.3, 0.4) is 0 Å². The summed E-state index contributed by atoms with van der Waals surface area (Å²) in [6, 6.07) is 0.505. The molecule has 4 nitrogen and oxygen atoms in total. The second-order valence-electron chi connectivity index (χ2n) is 4.90. The molecular weight excluding hydrogens is 248 g/mol. The van der Waals surface area contributed by atoms with Crippen molar-refractivity contribution in [3.63, 3.8) is 0 Å². The molecule has 0 bridgehead atoms. The lowest BCUT2D eigenvalue weighted by Crippen LogP contribution is -2.09. The van der Waals surface area contributed by atoms with Gasteiger partial charge < -0.3 is 9.67 Å². The number of aliphatic carboxylic acids is 1. The van der Waals surface area contributed by atoms with Crippen LogP contribution in [0.15, 0.2) is 11.4 Å². The summed E-state index contributed by atoms with van der Waals surface area (Å²) in [5.74, 6) is -0.698. The second kappa shape index (κ2) is 6.27. The Hall–Kier alpha value is -0.970. The number of nitrogens with zero attached hydrogens (tertiary/aromatic N) is 2. The number of hydrogen-bond acceptors (Lipinski definition) is 3. The highest BCUT2D eigenvalue weighted by atomic mass is 32.2. The van der Waals surface area contributed by atoms with E-state index in [0.717, 1.165) is 10.9 Å². The first-order valence-corrected chi connectivity index (χ1v) is 7.55. The summed E-state index contributed by atoms with van der Waals surface area (Å²) in [7, 11) is 0. The van der Waals surface area contributed by atoms with Crippen LogP contribution < -0.4 is 0 Å². The van der Waals surface area contributed by atoms with E-state index >= 15 is 0 Å². The number of carboxylic acids is 1. The van der Waals surface area contributed by atoms with Crippen molar-refractivity contribution >= 4 is 17.7 Å². The molecule has 1 aromatic rings. The summed E-state index contributed by atoms with van der Waals surface area (Å²) in [5, 5.41) is 9.63. The second-order valence-corrected chi connectivity index (χ2v) is 5.84. The predicted octanol–water partition coefficient (Wildman–Crippen LogP) is 3.26. The lowest BCUT2D eigenvalue weighted by molar-refractivity contribution is -0.133. The molecule has 2 rings (SSSR count). The van der Waals surface area contributed by atoms with Gasteiger partial charge in [0.05, 0.1) is 11.4 Å². The van der Waals surface area contributed by atoms with Crippen molar-refractivity contribution in [1.29, 1.82) is 0 Å². The summed E-state index contributed by atoms with van der Waals surface area (Å²) in [6.45, 7) is 1.97. The summed E-state index contributed by atoms with van der Waals surface area (Å²) in [4.78, 5) is 15.1. The number of carboxylic acid groups (broad SMARTS) is 1. The molecule has 0 amide bonds. The zero-order chi connectivity index (χ0) is 13.0. The highest BCUT2D eigenvalue weighted by Gasteiger charge is 2.18. The van der Waals surface area contributed by atoms with Crippen LogP contribution in [0, 0.1) is 6.92 Å². The monoisotopic (exact) mass is 268 g/mol. The van der Waals surface area contributed by atoms with Gasteiger partial charge in [-0.3, -0.25) is 4.79 Å². The third-order valence-corrected chi connectivity index (χ3v) is 4.31. The maximum absolute atomic E-state index is 10.7. The molecule has 100 valence electrons. The molecule has 0 saturated heterocycles. The van der Waals surface area contributed by atoms with Crippen molar-refractivity contribution in [3.05, 3.63) is 11.9 Å². The van der Waals surface area contributed by atoms with Gasteiger partial charge >= 0.3 is 5.97 Å². The average Bonchev–Trinajstić information content (AvgIpc) is 2.54. The van der Waals surface area contributed by atoms with Gasteiger partial charge in [0.25, 0.3) is 0 Å². The summed E-state index contributed by atoms with van der Waals surface area (Å²) < 4.78 is 2.20. The first-order chi connectivity index (χ1) is 8.66. The van der Waals surface area contributed by atoms with Crippen LogP contribution in [0.25, 0.3) is 0 Å². The Morgan fingerprint density at radius 3 is 2.72 bits per heavy atom. The Bertz CT molecular complexity index is 409. The standard InChI is InChI=1S/C13H20N2O2S/c1-10-8-15(11-6-4-2-3-5-7-11)13(14-10)18-9-12(16)17/h8,11H,2-7,9H2,1H3,(H,16,17). The topological polar surface area (TPSA) is 55.1 Å². The molecule has 0 aromatic carbocycles. The van der Waals surface area contributed by atoms with E-state index in [0.29, 0.717) is 6.04 Å². The number of aryl methyl sites for hydroxylation is 1. The average molecular weight is 268 g/mol. The molecule has 0 spiro atoms. The molecule has 1 aliphatic rings. The van der Waals surface area contributed by atoms with Crippen molar-refractivity contribution in [2.45, 2.75) is 56.6 Å². The molecule has 0 unspecified atom stereocenters. The zero-order valence-electron chi connectivity index (χ0n) is 10.8. The van der Waals surface area contributed by atoms with E-state index in [1.807, 2.05) is 6.92 Å². The molecule has 18 heavy (non-hydrogen) atoms. The molecule has 1 aromatic heterocycles. The van der Waals surface area contributed by atoms with Gasteiger partial charge in [-0.15, -0.1) is 0 Å². The van der Waals surface area contributed by atoms with E-state index in [4.69, 9.17) is 5.11 Å². The van der Waals surface area contributed by atoms with E-state index in [1.54, 1.807) is 0 Å². The summed E-state index contributed by atoms with van der Waals surface area (Å²) in [5.41, 5.74) is 0.979. The molecule has 1 heterocycles. The van der Waals surface area contributed by atoms with Gasteiger partial charge in [0.15, 0.2) is 5.16 Å². The van der Waals surface area contributed by atoms with Crippen LogP contribution in [0.2, 0.25) is 0 Å². The molecule has 5 heteroatoms. The highest BCUT2D eigenvalue weighted by molar-refractivity contribution is 7.99. The largest absolute Gasteiger partial charge is 0.481 e. The lowest BCUT2D eigenvalue weighted by Gasteiger charge is -2.18. The fourth-order valence-corrected chi connectivity index (χ4v) is 3.34. The van der Waals surface area contributed by atoms with Crippen LogP contribution in [0.5, 0.6) is 0 Å². The zero-order valence-corrected chi connectivity index (χ0v) is 11.6. The number of thioether (sulfide) groups is 1. The lowest BCUT2D eigenvalue weighted by atomic mass is 10.1. The van der Waals surface area contributed by atoms with E-state index in [2.05, 4.69) is 15.7 Å². The van der Waals surface area contributed by atoms with Gasteiger partial charge in [0, 0.05) is 12.2 Å². The Morgan fingerprint density at radius 1 is 1.44 bits per heavy atom. The van der Waals surface area contributed by atoms with Crippen molar-refractivity contribution in [2.24, 2.45) is 0 Å². The van der Waals surface area contributed by atoms with Gasteiger partial charge in [0.1, 0.15) is 0 Å². The van der Waals surface area contributed by atoms with Gasteiger partial charge in [0.2, 0.25) is 0 Å². The number of imidazole rings is 1. The summed E-state index contributed by atoms with van der Waals surface area (Å²) in [6.07, 6.45) is 9.63. The minimum absolute atomic E-state index is 0.0865. The van der Waals surface area contributed by atoms with Crippen LogP contribution >= 0.6 is 11.8 Å². The Labute approximate surface area is 112 Å².